The second-order valence-electron chi connectivity index (χ2n) is 5.45. The first kappa shape index (κ1) is 14.8. The summed E-state index contributed by atoms with van der Waals surface area (Å²) in [7, 11) is 1.66. The molecule has 5 heteroatoms. The predicted molar refractivity (Wildman–Crippen MR) is 86.1 cm³/mol. The van der Waals surface area contributed by atoms with Crippen molar-refractivity contribution in [2.45, 2.75) is 12.8 Å². The molecule has 0 unspecified atom stereocenters. The Labute approximate surface area is 130 Å². The Hall–Kier alpha value is -2.14. The highest BCUT2D eigenvalue weighted by Gasteiger charge is 2.13. The van der Waals surface area contributed by atoms with E-state index in [0.29, 0.717) is 5.92 Å². The van der Waals surface area contributed by atoms with E-state index in [1.165, 1.54) is 0 Å². The quantitative estimate of drug-likeness (QED) is 0.920. The lowest BCUT2D eigenvalue weighted by Gasteiger charge is -2.22. The predicted octanol–water partition coefficient (Wildman–Crippen LogP) is 2.99. The molecule has 1 aliphatic rings. The van der Waals surface area contributed by atoms with Gasteiger partial charge in [0.2, 0.25) is 0 Å². The van der Waals surface area contributed by atoms with E-state index in [1.807, 2.05) is 24.3 Å². The molecule has 0 bridgehead atoms. The molecular weight excluding hydrogens is 278 g/mol. The van der Waals surface area contributed by atoms with Crippen molar-refractivity contribution in [3.8, 4) is 17.0 Å². The van der Waals surface area contributed by atoms with Crippen LogP contribution in [0.15, 0.2) is 36.7 Å². The van der Waals surface area contributed by atoms with Crippen molar-refractivity contribution in [1.82, 2.24) is 9.97 Å². The fourth-order valence-electron chi connectivity index (χ4n) is 2.55. The number of nitrogens with zero attached hydrogens (tertiary/aromatic N) is 2. The zero-order valence-electron chi connectivity index (χ0n) is 12.8. The molecular formula is C17H21N3O2. The zero-order chi connectivity index (χ0) is 15.2. The summed E-state index contributed by atoms with van der Waals surface area (Å²) in [5.74, 6) is 2.31. The molecule has 5 nitrogen and oxygen atoms in total. The number of aromatic nitrogens is 2. The van der Waals surface area contributed by atoms with E-state index in [2.05, 4.69) is 15.3 Å². The lowest BCUT2D eigenvalue weighted by atomic mass is 10.0. The maximum absolute atomic E-state index is 5.38. The molecule has 22 heavy (non-hydrogen) atoms. The highest BCUT2D eigenvalue weighted by atomic mass is 16.5. The topological polar surface area (TPSA) is 56.3 Å². The Morgan fingerprint density at radius 3 is 2.68 bits per heavy atom. The molecule has 1 saturated heterocycles. The first-order chi connectivity index (χ1) is 10.8. The van der Waals surface area contributed by atoms with Crippen LogP contribution in [0.5, 0.6) is 5.75 Å². The number of methoxy groups -OCH3 is 1. The molecule has 1 aliphatic heterocycles. The third-order valence-corrected chi connectivity index (χ3v) is 3.93. The van der Waals surface area contributed by atoms with Crippen LogP contribution in [0.25, 0.3) is 11.3 Å². The van der Waals surface area contributed by atoms with Crippen LogP contribution in [0.3, 0.4) is 0 Å². The SMILES string of the molecule is COc1ccc(-c2cncc(NCC3CCOCC3)n2)cc1. The summed E-state index contributed by atoms with van der Waals surface area (Å²) in [6.07, 6.45) is 5.77. The average Bonchev–Trinajstić information content (AvgIpc) is 2.61. The van der Waals surface area contributed by atoms with E-state index in [9.17, 15) is 0 Å². The first-order valence-electron chi connectivity index (χ1n) is 7.63. The summed E-state index contributed by atoms with van der Waals surface area (Å²) in [5.41, 5.74) is 1.89. The summed E-state index contributed by atoms with van der Waals surface area (Å²) in [4.78, 5) is 8.92. The molecule has 0 aliphatic carbocycles. The van der Waals surface area contributed by atoms with Crippen LogP contribution in [0, 0.1) is 5.92 Å². The second kappa shape index (κ2) is 7.22. The third-order valence-electron chi connectivity index (χ3n) is 3.93. The van der Waals surface area contributed by atoms with E-state index in [0.717, 1.165) is 55.4 Å². The van der Waals surface area contributed by atoms with Crippen LogP contribution >= 0.6 is 0 Å². The second-order valence-corrected chi connectivity index (χ2v) is 5.45. The molecule has 3 rings (SSSR count). The van der Waals surface area contributed by atoms with E-state index in [4.69, 9.17) is 9.47 Å². The van der Waals surface area contributed by atoms with Gasteiger partial charge in [-0.15, -0.1) is 0 Å². The molecule has 1 fully saturated rings. The lowest BCUT2D eigenvalue weighted by Crippen LogP contribution is -2.23. The average molecular weight is 299 g/mol. The maximum Gasteiger partial charge on any atom is 0.145 e. The smallest absolute Gasteiger partial charge is 0.145 e. The molecule has 0 amide bonds. The Morgan fingerprint density at radius 2 is 1.95 bits per heavy atom. The van der Waals surface area contributed by atoms with Gasteiger partial charge in [0, 0.05) is 25.3 Å². The fourth-order valence-corrected chi connectivity index (χ4v) is 2.55. The van der Waals surface area contributed by atoms with Gasteiger partial charge in [-0.2, -0.15) is 0 Å². The van der Waals surface area contributed by atoms with Crippen LogP contribution in [0.2, 0.25) is 0 Å². The van der Waals surface area contributed by atoms with Crippen LogP contribution in [0.1, 0.15) is 12.8 Å². The van der Waals surface area contributed by atoms with Crippen molar-refractivity contribution in [1.29, 1.82) is 0 Å². The largest absolute Gasteiger partial charge is 0.497 e. The number of benzene rings is 1. The van der Waals surface area contributed by atoms with Crippen molar-refractivity contribution in [2.24, 2.45) is 5.92 Å². The highest BCUT2D eigenvalue weighted by Crippen LogP contribution is 2.21. The molecule has 2 aromatic rings. The van der Waals surface area contributed by atoms with E-state index >= 15 is 0 Å². The molecule has 1 aromatic heterocycles. The van der Waals surface area contributed by atoms with Gasteiger partial charge in [0.15, 0.2) is 0 Å². The van der Waals surface area contributed by atoms with Gasteiger partial charge in [-0.05, 0) is 43.0 Å². The summed E-state index contributed by atoms with van der Waals surface area (Å²) in [6.45, 7) is 2.65. The van der Waals surface area contributed by atoms with Gasteiger partial charge >= 0.3 is 0 Å². The van der Waals surface area contributed by atoms with Gasteiger partial charge in [-0.25, -0.2) is 4.98 Å². The number of ether oxygens (including phenoxy) is 2. The molecule has 0 atom stereocenters. The van der Waals surface area contributed by atoms with Gasteiger partial charge in [-0.3, -0.25) is 4.98 Å². The number of nitrogens with one attached hydrogen (secondary N) is 1. The van der Waals surface area contributed by atoms with Crippen molar-refractivity contribution >= 4 is 5.82 Å². The maximum atomic E-state index is 5.38. The van der Waals surface area contributed by atoms with Crippen LogP contribution in [0.4, 0.5) is 5.82 Å². The third kappa shape index (κ3) is 3.74. The Balaban J connectivity index is 1.66. The zero-order valence-corrected chi connectivity index (χ0v) is 12.8. The van der Waals surface area contributed by atoms with Crippen molar-refractivity contribution in [3.05, 3.63) is 36.7 Å². The van der Waals surface area contributed by atoms with Crippen LogP contribution < -0.4 is 10.1 Å². The van der Waals surface area contributed by atoms with Crippen LogP contribution in [-0.4, -0.2) is 36.8 Å². The minimum absolute atomic E-state index is 0.653. The summed E-state index contributed by atoms with van der Waals surface area (Å²) >= 11 is 0. The highest BCUT2D eigenvalue weighted by molar-refractivity contribution is 5.60. The molecule has 1 N–H and O–H groups in total. The van der Waals surface area contributed by atoms with Crippen molar-refractivity contribution in [3.63, 3.8) is 0 Å². The molecule has 0 saturated carbocycles. The molecule has 1 aromatic carbocycles. The van der Waals surface area contributed by atoms with Gasteiger partial charge < -0.3 is 14.8 Å². The van der Waals surface area contributed by atoms with Gasteiger partial charge in [0.25, 0.3) is 0 Å². The van der Waals surface area contributed by atoms with E-state index in [-0.39, 0.29) is 0 Å². The standard InChI is InChI=1S/C17H21N3O2/c1-21-15-4-2-14(3-5-15)16-11-18-12-17(20-16)19-10-13-6-8-22-9-7-13/h2-5,11-13H,6-10H2,1H3,(H,19,20). The van der Waals surface area contributed by atoms with Crippen LogP contribution in [-0.2, 0) is 4.74 Å². The monoisotopic (exact) mass is 299 g/mol. The Kier molecular flexibility index (Phi) is 4.85. The number of anilines is 1. The Morgan fingerprint density at radius 1 is 1.18 bits per heavy atom. The van der Waals surface area contributed by atoms with Crippen molar-refractivity contribution in [2.75, 3.05) is 32.2 Å². The van der Waals surface area contributed by atoms with Gasteiger partial charge in [0.1, 0.15) is 11.6 Å². The van der Waals surface area contributed by atoms with E-state index < -0.39 is 0 Å². The van der Waals surface area contributed by atoms with Gasteiger partial charge in [0.05, 0.1) is 25.2 Å². The fraction of sp³-hybridized carbons (Fsp3) is 0.412. The summed E-state index contributed by atoms with van der Waals surface area (Å²) in [5, 5.41) is 3.39. The molecule has 0 radical (unpaired) electrons. The summed E-state index contributed by atoms with van der Waals surface area (Å²) in [6, 6.07) is 7.84. The van der Waals surface area contributed by atoms with Crippen molar-refractivity contribution < 1.29 is 9.47 Å². The number of rotatable bonds is 5. The number of hydrogen-bond acceptors (Lipinski definition) is 5. The minimum atomic E-state index is 0.653. The minimum Gasteiger partial charge on any atom is -0.497 e. The van der Waals surface area contributed by atoms with Gasteiger partial charge in [-0.1, -0.05) is 0 Å². The lowest BCUT2D eigenvalue weighted by molar-refractivity contribution is 0.0699. The Bertz CT molecular complexity index is 595. The summed E-state index contributed by atoms with van der Waals surface area (Å²) < 4.78 is 10.6. The number of hydrogen-bond donors (Lipinski definition) is 1. The molecule has 2 heterocycles. The first-order valence-corrected chi connectivity index (χ1v) is 7.63. The molecule has 0 spiro atoms. The van der Waals surface area contributed by atoms with E-state index in [1.54, 1.807) is 19.5 Å². The molecule has 116 valence electrons. The normalized spacial score (nSPS) is 15.5.